The van der Waals surface area contributed by atoms with Gasteiger partial charge in [-0.25, -0.2) is 0 Å². The molecule has 0 spiro atoms. The standard InChI is InChI=1S/C16H23N3O/c20-16-15(14-4-2-1-3-5-14)19(11-10-18-16)12-13-6-8-17-9-7-13/h1-5,13,15,17H,6-12H2,(H,18,20). The van der Waals surface area contributed by atoms with Crippen LogP contribution in [0, 0.1) is 5.92 Å². The quantitative estimate of drug-likeness (QED) is 0.868. The van der Waals surface area contributed by atoms with Gasteiger partial charge in [-0.1, -0.05) is 30.3 Å². The molecule has 20 heavy (non-hydrogen) atoms. The minimum atomic E-state index is -0.111. The highest BCUT2D eigenvalue weighted by Crippen LogP contribution is 2.25. The molecule has 1 amide bonds. The van der Waals surface area contributed by atoms with Gasteiger partial charge in [0.2, 0.25) is 5.91 Å². The molecule has 4 heteroatoms. The van der Waals surface area contributed by atoms with Gasteiger partial charge in [0.15, 0.2) is 0 Å². The SMILES string of the molecule is O=C1NCCN(CC2CCNCC2)C1c1ccccc1. The van der Waals surface area contributed by atoms with E-state index < -0.39 is 0 Å². The van der Waals surface area contributed by atoms with E-state index in [1.165, 1.54) is 12.8 Å². The number of piperidine rings is 1. The highest BCUT2D eigenvalue weighted by Gasteiger charge is 2.32. The minimum absolute atomic E-state index is 0.111. The molecule has 2 N–H and O–H groups in total. The first-order valence-corrected chi connectivity index (χ1v) is 7.62. The Morgan fingerprint density at radius 2 is 1.85 bits per heavy atom. The van der Waals surface area contributed by atoms with Crippen LogP contribution >= 0.6 is 0 Å². The minimum Gasteiger partial charge on any atom is -0.353 e. The molecule has 1 aromatic rings. The maximum absolute atomic E-state index is 12.3. The summed E-state index contributed by atoms with van der Waals surface area (Å²) in [4.78, 5) is 14.6. The summed E-state index contributed by atoms with van der Waals surface area (Å²) >= 11 is 0. The number of hydrogen-bond acceptors (Lipinski definition) is 3. The van der Waals surface area contributed by atoms with E-state index in [-0.39, 0.29) is 11.9 Å². The Labute approximate surface area is 120 Å². The maximum atomic E-state index is 12.3. The van der Waals surface area contributed by atoms with Gasteiger partial charge >= 0.3 is 0 Å². The number of nitrogens with one attached hydrogen (secondary N) is 2. The normalized spacial score (nSPS) is 25.4. The molecule has 2 aliphatic rings. The van der Waals surface area contributed by atoms with E-state index in [9.17, 15) is 4.79 Å². The number of nitrogens with zero attached hydrogens (tertiary/aromatic N) is 1. The Morgan fingerprint density at radius 1 is 1.10 bits per heavy atom. The summed E-state index contributed by atoms with van der Waals surface area (Å²) in [6, 6.07) is 10.0. The van der Waals surface area contributed by atoms with Gasteiger partial charge in [0, 0.05) is 19.6 Å². The molecule has 0 aliphatic carbocycles. The van der Waals surface area contributed by atoms with Crippen LogP contribution in [0.3, 0.4) is 0 Å². The molecule has 0 aromatic heterocycles. The monoisotopic (exact) mass is 273 g/mol. The van der Waals surface area contributed by atoms with Gasteiger partial charge in [0.05, 0.1) is 0 Å². The molecule has 4 nitrogen and oxygen atoms in total. The van der Waals surface area contributed by atoms with Crippen LogP contribution in [0.15, 0.2) is 30.3 Å². The van der Waals surface area contributed by atoms with Gasteiger partial charge in [-0.2, -0.15) is 0 Å². The number of carbonyl (C=O) groups excluding carboxylic acids is 1. The molecular weight excluding hydrogens is 250 g/mol. The average molecular weight is 273 g/mol. The zero-order valence-corrected chi connectivity index (χ0v) is 11.8. The Balaban J connectivity index is 1.74. The number of benzene rings is 1. The van der Waals surface area contributed by atoms with Crippen LogP contribution < -0.4 is 10.6 Å². The van der Waals surface area contributed by atoms with Crippen LogP contribution in [-0.4, -0.2) is 43.5 Å². The summed E-state index contributed by atoms with van der Waals surface area (Å²) < 4.78 is 0. The van der Waals surface area contributed by atoms with Gasteiger partial charge in [0.25, 0.3) is 0 Å². The van der Waals surface area contributed by atoms with Crippen molar-refractivity contribution in [2.75, 3.05) is 32.7 Å². The van der Waals surface area contributed by atoms with Gasteiger partial charge in [-0.15, -0.1) is 0 Å². The average Bonchev–Trinajstić information content (AvgIpc) is 2.49. The fraction of sp³-hybridized carbons (Fsp3) is 0.562. The predicted molar refractivity (Wildman–Crippen MR) is 79.4 cm³/mol. The zero-order chi connectivity index (χ0) is 13.8. The van der Waals surface area contributed by atoms with E-state index in [1.54, 1.807) is 0 Å². The van der Waals surface area contributed by atoms with Crippen molar-refractivity contribution in [1.29, 1.82) is 0 Å². The molecule has 0 radical (unpaired) electrons. The van der Waals surface area contributed by atoms with Crippen molar-refractivity contribution >= 4 is 5.91 Å². The molecule has 108 valence electrons. The lowest BCUT2D eigenvalue weighted by molar-refractivity contribution is -0.129. The van der Waals surface area contributed by atoms with E-state index >= 15 is 0 Å². The van der Waals surface area contributed by atoms with Gasteiger partial charge in [-0.05, 0) is 37.4 Å². The highest BCUT2D eigenvalue weighted by atomic mass is 16.2. The Morgan fingerprint density at radius 3 is 2.60 bits per heavy atom. The molecule has 1 aromatic carbocycles. The van der Waals surface area contributed by atoms with Crippen LogP contribution in [0.2, 0.25) is 0 Å². The largest absolute Gasteiger partial charge is 0.353 e. The molecule has 2 fully saturated rings. The first-order chi connectivity index (χ1) is 9.84. The van der Waals surface area contributed by atoms with Crippen LogP contribution in [0.4, 0.5) is 0 Å². The molecule has 0 saturated carbocycles. The number of carbonyl (C=O) groups is 1. The van der Waals surface area contributed by atoms with E-state index in [0.717, 1.165) is 38.3 Å². The highest BCUT2D eigenvalue weighted by molar-refractivity contribution is 5.83. The Bertz CT molecular complexity index is 442. The second-order valence-corrected chi connectivity index (χ2v) is 5.79. The van der Waals surface area contributed by atoms with Crippen molar-refractivity contribution < 1.29 is 4.79 Å². The third-order valence-electron chi connectivity index (χ3n) is 4.38. The number of hydrogen-bond donors (Lipinski definition) is 2. The van der Waals surface area contributed by atoms with Crippen LogP contribution in [0.1, 0.15) is 24.4 Å². The topological polar surface area (TPSA) is 44.4 Å². The van der Waals surface area contributed by atoms with Crippen molar-refractivity contribution in [2.45, 2.75) is 18.9 Å². The number of rotatable bonds is 3. The van der Waals surface area contributed by atoms with E-state index in [0.29, 0.717) is 5.92 Å². The third-order valence-corrected chi connectivity index (χ3v) is 4.38. The molecular formula is C16H23N3O. The fourth-order valence-electron chi connectivity index (χ4n) is 3.30. The molecule has 1 unspecified atom stereocenters. The van der Waals surface area contributed by atoms with Gasteiger partial charge in [0.1, 0.15) is 6.04 Å². The Hall–Kier alpha value is -1.39. The predicted octanol–water partition coefficient (Wildman–Crippen LogP) is 1.16. The summed E-state index contributed by atoms with van der Waals surface area (Å²) in [5.74, 6) is 0.866. The molecule has 2 aliphatic heterocycles. The summed E-state index contributed by atoms with van der Waals surface area (Å²) in [5.41, 5.74) is 1.11. The lowest BCUT2D eigenvalue weighted by Gasteiger charge is -2.38. The fourth-order valence-corrected chi connectivity index (χ4v) is 3.30. The van der Waals surface area contributed by atoms with Crippen molar-refractivity contribution in [1.82, 2.24) is 15.5 Å². The van der Waals surface area contributed by atoms with E-state index in [4.69, 9.17) is 0 Å². The first-order valence-electron chi connectivity index (χ1n) is 7.62. The third kappa shape index (κ3) is 3.02. The van der Waals surface area contributed by atoms with Crippen LogP contribution in [-0.2, 0) is 4.79 Å². The second kappa shape index (κ2) is 6.37. The molecule has 1 atom stereocenters. The van der Waals surface area contributed by atoms with Gasteiger partial charge in [-0.3, -0.25) is 9.69 Å². The molecule has 2 saturated heterocycles. The molecule has 3 rings (SSSR count). The lowest BCUT2D eigenvalue weighted by atomic mass is 9.95. The Kier molecular flexibility index (Phi) is 4.33. The molecule has 0 bridgehead atoms. The maximum Gasteiger partial charge on any atom is 0.242 e. The summed E-state index contributed by atoms with van der Waals surface area (Å²) in [5, 5.41) is 6.41. The van der Waals surface area contributed by atoms with Crippen molar-refractivity contribution in [3.05, 3.63) is 35.9 Å². The van der Waals surface area contributed by atoms with E-state index in [1.807, 2.05) is 18.2 Å². The smallest absolute Gasteiger partial charge is 0.242 e. The summed E-state index contributed by atoms with van der Waals surface area (Å²) in [6.45, 7) is 4.98. The number of amides is 1. The van der Waals surface area contributed by atoms with Crippen LogP contribution in [0.25, 0.3) is 0 Å². The van der Waals surface area contributed by atoms with Crippen molar-refractivity contribution in [3.63, 3.8) is 0 Å². The van der Waals surface area contributed by atoms with Crippen molar-refractivity contribution in [2.24, 2.45) is 5.92 Å². The summed E-state index contributed by atoms with van der Waals surface area (Å²) in [7, 11) is 0. The second-order valence-electron chi connectivity index (χ2n) is 5.79. The summed E-state index contributed by atoms with van der Waals surface area (Å²) in [6.07, 6.45) is 2.44. The van der Waals surface area contributed by atoms with E-state index in [2.05, 4.69) is 27.7 Å². The lowest BCUT2D eigenvalue weighted by Crippen LogP contribution is -2.51. The molecule has 2 heterocycles. The van der Waals surface area contributed by atoms with Gasteiger partial charge < -0.3 is 10.6 Å². The number of piperazine rings is 1. The van der Waals surface area contributed by atoms with Crippen LogP contribution in [0.5, 0.6) is 0 Å². The first kappa shape index (κ1) is 13.6. The van der Waals surface area contributed by atoms with Crippen molar-refractivity contribution in [3.8, 4) is 0 Å². The zero-order valence-electron chi connectivity index (χ0n) is 11.8.